The molecule has 0 atom stereocenters. The summed E-state index contributed by atoms with van der Waals surface area (Å²) in [7, 11) is 0.280. The number of nitrogens with zero attached hydrogens (tertiary/aromatic N) is 1. The van der Waals surface area contributed by atoms with Crippen LogP contribution in [0.15, 0.2) is 18.2 Å². The van der Waals surface area contributed by atoms with Crippen molar-refractivity contribution >= 4 is 18.3 Å². The topological polar surface area (TPSA) is 52.9 Å². The van der Waals surface area contributed by atoms with Crippen molar-refractivity contribution in [3.8, 4) is 0 Å². The molecule has 0 heterocycles. The van der Waals surface area contributed by atoms with Crippen LogP contribution in [-0.4, -0.2) is 44.0 Å². The van der Waals surface area contributed by atoms with E-state index >= 15 is 0 Å². The molecule has 0 saturated carbocycles. The average Bonchev–Trinajstić information content (AvgIpc) is 2.29. The van der Waals surface area contributed by atoms with Crippen LogP contribution in [-0.2, 0) is 4.74 Å². The van der Waals surface area contributed by atoms with E-state index in [1.54, 1.807) is 13.2 Å². The molecule has 1 aromatic rings. The fourth-order valence-electron chi connectivity index (χ4n) is 1.82. The molecular formula is C12H20BNO3. The third-order valence-electron chi connectivity index (χ3n) is 2.84. The van der Waals surface area contributed by atoms with Crippen molar-refractivity contribution in [3.05, 3.63) is 23.8 Å². The highest BCUT2D eigenvalue weighted by atomic mass is 16.5. The highest BCUT2D eigenvalue weighted by Crippen LogP contribution is 2.14. The van der Waals surface area contributed by atoms with E-state index in [1.807, 2.05) is 19.1 Å². The van der Waals surface area contributed by atoms with E-state index in [9.17, 15) is 0 Å². The Labute approximate surface area is 103 Å². The number of methoxy groups -OCH3 is 1. The van der Waals surface area contributed by atoms with Crippen molar-refractivity contribution in [3.63, 3.8) is 0 Å². The quantitative estimate of drug-likeness (QED) is 0.691. The van der Waals surface area contributed by atoms with Gasteiger partial charge >= 0.3 is 7.12 Å². The van der Waals surface area contributed by atoms with Gasteiger partial charge in [-0.1, -0.05) is 6.07 Å². The average molecular weight is 237 g/mol. The molecule has 0 unspecified atom stereocenters. The van der Waals surface area contributed by atoms with Crippen LogP contribution in [0.5, 0.6) is 0 Å². The highest BCUT2D eigenvalue weighted by Gasteiger charge is 2.14. The third-order valence-corrected chi connectivity index (χ3v) is 2.84. The minimum absolute atomic E-state index is 0.552. The van der Waals surface area contributed by atoms with Crippen LogP contribution in [0.25, 0.3) is 0 Å². The van der Waals surface area contributed by atoms with Gasteiger partial charge in [-0.3, -0.25) is 0 Å². The molecule has 4 nitrogen and oxygen atoms in total. The Kier molecular flexibility index (Phi) is 5.48. The van der Waals surface area contributed by atoms with Crippen molar-refractivity contribution in [2.24, 2.45) is 0 Å². The first-order chi connectivity index (χ1) is 8.10. The molecule has 0 radical (unpaired) electrons. The summed E-state index contributed by atoms with van der Waals surface area (Å²) in [5, 5.41) is 18.3. The fraction of sp³-hybridized carbons (Fsp3) is 0.500. The zero-order chi connectivity index (χ0) is 12.8. The van der Waals surface area contributed by atoms with Gasteiger partial charge in [0.25, 0.3) is 0 Å². The summed E-state index contributed by atoms with van der Waals surface area (Å²) in [4.78, 5) is 2.18. The number of likely N-dealkylation sites (N-methyl/N-ethyl adjacent to an activating group) is 1. The molecule has 2 N–H and O–H groups in total. The fourth-order valence-corrected chi connectivity index (χ4v) is 1.82. The molecule has 0 fully saturated rings. The van der Waals surface area contributed by atoms with Crippen LogP contribution in [0.4, 0.5) is 5.69 Å². The Morgan fingerprint density at radius 2 is 2.06 bits per heavy atom. The first-order valence-corrected chi connectivity index (χ1v) is 5.80. The second-order valence-corrected chi connectivity index (χ2v) is 3.99. The smallest absolute Gasteiger partial charge is 0.423 e. The van der Waals surface area contributed by atoms with Gasteiger partial charge in [0, 0.05) is 25.9 Å². The van der Waals surface area contributed by atoms with Crippen molar-refractivity contribution < 1.29 is 14.8 Å². The molecule has 94 valence electrons. The van der Waals surface area contributed by atoms with Crippen LogP contribution in [0.2, 0.25) is 0 Å². The van der Waals surface area contributed by atoms with Crippen molar-refractivity contribution in [1.29, 1.82) is 0 Å². The summed E-state index contributed by atoms with van der Waals surface area (Å²) >= 11 is 0. The first-order valence-electron chi connectivity index (χ1n) is 5.80. The summed E-state index contributed by atoms with van der Waals surface area (Å²) in [5.74, 6) is 0. The SMILES string of the molecule is CCN(CCOC)c1ccc(B(O)O)c(C)c1. The van der Waals surface area contributed by atoms with Crippen LogP contribution in [0.3, 0.4) is 0 Å². The molecular weight excluding hydrogens is 217 g/mol. The Morgan fingerprint density at radius 1 is 1.35 bits per heavy atom. The molecule has 1 rings (SSSR count). The van der Waals surface area contributed by atoms with Crippen LogP contribution in [0.1, 0.15) is 12.5 Å². The van der Waals surface area contributed by atoms with Crippen molar-refractivity contribution in [2.75, 3.05) is 31.7 Å². The Balaban J connectivity index is 2.86. The van der Waals surface area contributed by atoms with Gasteiger partial charge in [-0.15, -0.1) is 0 Å². The van der Waals surface area contributed by atoms with Gasteiger partial charge in [0.05, 0.1) is 6.61 Å². The summed E-state index contributed by atoms with van der Waals surface area (Å²) in [6, 6.07) is 5.62. The predicted octanol–water partition coefficient (Wildman–Crippen LogP) is 0.148. The molecule has 0 aliphatic rings. The first kappa shape index (κ1) is 14.0. The largest absolute Gasteiger partial charge is 0.488 e. The number of rotatable bonds is 6. The standard InChI is InChI=1S/C12H20BNO3/c1-4-14(7-8-17-3)11-5-6-12(13(15)16)10(2)9-11/h5-6,9,15-16H,4,7-8H2,1-3H3. The lowest BCUT2D eigenvalue weighted by Crippen LogP contribution is -2.33. The van der Waals surface area contributed by atoms with E-state index in [2.05, 4.69) is 11.8 Å². The minimum atomic E-state index is -1.40. The lowest BCUT2D eigenvalue weighted by Gasteiger charge is -2.23. The second kappa shape index (κ2) is 6.64. The molecule has 0 aliphatic heterocycles. The molecule has 1 aromatic carbocycles. The molecule has 5 heteroatoms. The van der Waals surface area contributed by atoms with E-state index in [0.29, 0.717) is 12.1 Å². The van der Waals surface area contributed by atoms with E-state index in [-0.39, 0.29) is 0 Å². The maximum atomic E-state index is 9.15. The summed E-state index contributed by atoms with van der Waals surface area (Å²) < 4.78 is 5.07. The Hall–Kier alpha value is -1.04. The van der Waals surface area contributed by atoms with Crippen LogP contribution >= 0.6 is 0 Å². The van der Waals surface area contributed by atoms with Gasteiger partial charge in [-0.2, -0.15) is 0 Å². The monoisotopic (exact) mass is 237 g/mol. The Morgan fingerprint density at radius 3 is 2.53 bits per heavy atom. The highest BCUT2D eigenvalue weighted by molar-refractivity contribution is 6.59. The van der Waals surface area contributed by atoms with E-state index < -0.39 is 7.12 Å². The lowest BCUT2D eigenvalue weighted by atomic mass is 9.77. The van der Waals surface area contributed by atoms with Crippen molar-refractivity contribution in [2.45, 2.75) is 13.8 Å². The number of benzene rings is 1. The number of anilines is 1. The maximum Gasteiger partial charge on any atom is 0.488 e. The van der Waals surface area contributed by atoms with Gasteiger partial charge in [0.1, 0.15) is 0 Å². The predicted molar refractivity (Wildman–Crippen MR) is 70.8 cm³/mol. The lowest BCUT2D eigenvalue weighted by molar-refractivity contribution is 0.205. The maximum absolute atomic E-state index is 9.15. The van der Waals surface area contributed by atoms with Crippen molar-refractivity contribution in [1.82, 2.24) is 0 Å². The zero-order valence-corrected chi connectivity index (χ0v) is 10.7. The molecule has 17 heavy (non-hydrogen) atoms. The number of hydrogen-bond acceptors (Lipinski definition) is 4. The van der Waals surface area contributed by atoms with Gasteiger partial charge in [0.2, 0.25) is 0 Å². The molecule has 0 aliphatic carbocycles. The van der Waals surface area contributed by atoms with E-state index in [0.717, 1.165) is 24.3 Å². The van der Waals surface area contributed by atoms with E-state index in [1.165, 1.54) is 0 Å². The molecule has 0 amide bonds. The second-order valence-electron chi connectivity index (χ2n) is 3.99. The number of hydrogen-bond donors (Lipinski definition) is 2. The van der Waals surface area contributed by atoms with Crippen LogP contribution in [0, 0.1) is 6.92 Å². The molecule has 0 saturated heterocycles. The minimum Gasteiger partial charge on any atom is -0.423 e. The summed E-state index contributed by atoms with van der Waals surface area (Å²) in [6.45, 7) is 6.36. The number of ether oxygens (including phenoxy) is 1. The molecule has 0 aromatic heterocycles. The molecule has 0 bridgehead atoms. The van der Waals surface area contributed by atoms with E-state index in [4.69, 9.17) is 14.8 Å². The summed E-state index contributed by atoms with van der Waals surface area (Å²) in [5.41, 5.74) is 2.51. The van der Waals surface area contributed by atoms with Gasteiger partial charge < -0.3 is 19.7 Å². The Bertz CT molecular complexity index is 358. The normalized spacial score (nSPS) is 10.4. The third kappa shape index (κ3) is 3.73. The molecule has 0 spiro atoms. The number of aryl methyl sites for hydroxylation is 1. The van der Waals surface area contributed by atoms with Gasteiger partial charge in [-0.25, -0.2) is 0 Å². The van der Waals surface area contributed by atoms with Crippen LogP contribution < -0.4 is 10.4 Å². The van der Waals surface area contributed by atoms with Gasteiger partial charge in [-0.05, 0) is 37.0 Å². The van der Waals surface area contributed by atoms with Gasteiger partial charge in [0.15, 0.2) is 0 Å². The summed E-state index contributed by atoms with van der Waals surface area (Å²) in [6.07, 6.45) is 0. The zero-order valence-electron chi connectivity index (χ0n) is 10.7.